The van der Waals surface area contributed by atoms with Crippen molar-refractivity contribution in [2.24, 2.45) is 11.1 Å². The fraction of sp³-hybridized carbons (Fsp3) is 0.296. The second kappa shape index (κ2) is 10.00. The Balaban J connectivity index is 1.67. The molecule has 0 bridgehead atoms. The number of allylic oxidation sites excluding steroid dienone is 3. The number of carbonyl (C=O) groups is 2. The summed E-state index contributed by atoms with van der Waals surface area (Å²) < 4.78 is 12.6. The van der Waals surface area contributed by atoms with Crippen LogP contribution in [0, 0.1) is 23.7 Å². The van der Waals surface area contributed by atoms with E-state index in [0.29, 0.717) is 46.2 Å². The zero-order valence-corrected chi connectivity index (χ0v) is 22.4. The van der Waals surface area contributed by atoms with Gasteiger partial charge in [-0.15, -0.1) is 0 Å². The first-order valence-corrected chi connectivity index (χ1v) is 12.5. The van der Waals surface area contributed by atoms with Gasteiger partial charge in [0.15, 0.2) is 12.4 Å². The van der Waals surface area contributed by atoms with Crippen LogP contribution in [0.15, 0.2) is 63.7 Å². The Hall–Kier alpha value is -3.28. The van der Waals surface area contributed by atoms with Crippen LogP contribution in [0.1, 0.15) is 43.7 Å². The summed E-state index contributed by atoms with van der Waals surface area (Å²) in [5.41, 5.74) is 8.33. The van der Waals surface area contributed by atoms with E-state index in [1.165, 1.54) is 0 Å². The summed E-state index contributed by atoms with van der Waals surface area (Å²) in [6.07, 6.45) is 0.797. The van der Waals surface area contributed by atoms with Gasteiger partial charge in [0.25, 0.3) is 5.91 Å². The van der Waals surface area contributed by atoms with E-state index in [1.54, 1.807) is 24.3 Å². The molecule has 0 spiro atoms. The molecule has 1 atom stereocenters. The van der Waals surface area contributed by atoms with Crippen molar-refractivity contribution in [3.8, 4) is 11.8 Å². The van der Waals surface area contributed by atoms with Gasteiger partial charge in [0, 0.05) is 39.2 Å². The van der Waals surface area contributed by atoms with Gasteiger partial charge in [0.05, 0.1) is 5.92 Å². The molecule has 1 unspecified atom stereocenters. The number of aryl methyl sites for hydroxylation is 1. The van der Waals surface area contributed by atoms with Crippen LogP contribution >= 0.6 is 27.5 Å². The fourth-order valence-corrected chi connectivity index (χ4v) is 5.23. The Morgan fingerprint density at radius 2 is 2.06 bits per heavy atom. The van der Waals surface area contributed by atoms with Crippen LogP contribution in [0.4, 0.5) is 5.69 Å². The third kappa shape index (κ3) is 5.28. The molecule has 186 valence electrons. The number of halogens is 2. The Morgan fingerprint density at radius 3 is 2.75 bits per heavy atom. The van der Waals surface area contributed by atoms with Gasteiger partial charge in [0.1, 0.15) is 23.2 Å². The standard InChI is InChI=1S/C27H25BrClN3O4/c1-14-8-15(28)4-6-19(14)32-23(34)13-35-21-7-5-16(29)9-17(21)24-18(12-30)26(31)36-22-11-27(2,3)10-20(33)25(22)24/h4-9,24H,10-11,13,31H2,1-3H3,(H,32,34). The number of nitrogens with one attached hydrogen (secondary N) is 1. The number of amides is 1. The van der Waals surface area contributed by atoms with Crippen LogP contribution < -0.4 is 15.8 Å². The van der Waals surface area contributed by atoms with E-state index in [1.807, 2.05) is 32.9 Å². The topological polar surface area (TPSA) is 114 Å². The van der Waals surface area contributed by atoms with Crippen LogP contribution in [0.25, 0.3) is 0 Å². The zero-order chi connectivity index (χ0) is 26.2. The number of rotatable bonds is 5. The van der Waals surface area contributed by atoms with Crippen molar-refractivity contribution < 1.29 is 19.1 Å². The number of carbonyl (C=O) groups excluding carboxylic acids is 2. The normalized spacial score (nSPS) is 18.8. The van der Waals surface area contributed by atoms with Gasteiger partial charge in [-0.2, -0.15) is 5.26 Å². The Labute approximate surface area is 223 Å². The summed E-state index contributed by atoms with van der Waals surface area (Å²) in [6, 6.07) is 12.5. The minimum atomic E-state index is -0.812. The van der Waals surface area contributed by atoms with E-state index in [9.17, 15) is 14.9 Å². The summed E-state index contributed by atoms with van der Waals surface area (Å²) in [5.74, 6) is -0.583. The van der Waals surface area contributed by atoms with Crippen molar-refractivity contribution >= 4 is 44.9 Å². The molecule has 1 heterocycles. The first-order chi connectivity index (χ1) is 17.0. The number of ketones is 1. The smallest absolute Gasteiger partial charge is 0.262 e. The fourth-order valence-electron chi connectivity index (χ4n) is 4.57. The lowest BCUT2D eigenvalue weighted by atomic mass is 9.70. The molecule has 2 aliphatic rings. The molecule has 0 aromatic heterocycles. The lowest BCUT2D eigenvalue weighted by Crippen LogP contribution is -2.33. The zero-order valence-electron chi connectivity index (χ0n) is 20.1. The molecule has 0 fully saturated rings. The quantitative estimate of drug-likeness (QED) is 0.464. The van der Waals surface area contributed by atoms with Crippen molar-refractivity contribution in [2.75, 3.05) is 11.9 Å². The molecule has 0 saturated heterocycles. The molecule has 1 amide bonds. The first kappa shape index (κ1) is 25.8. The predicted molar refractivity (Wildman–Crippen MR) is 140 cm³/mol. The number of nitrogens with two attached hydrogens (primary N) is 1. The maximum Gasteiger partial charge on any atom is 0.262 e. The van der Waals surface area contributed by atoms with Crippen molar-refractivity contribution in [3.63, 3.8) is 0 Å². The number of ether oxygens (including phenoxy) is 2. The van der Waals surface area contributed by atoms with Crippen LogP contribution in [-0.2, 0) is 14.3 Å². The van der Waals surface area contributed by atoms with Gasteiger partial charge >= 0.3 is 0 Å². The van der Waals surface area contributed by atoms with E-state index in [2.05, 4.69) is 27.3 Å². The molecule has 4 rings (SSSR count). The number of hydrogen-bond donors (Lipinski definition) is 2. The van der Waals surface area contributed by atoms with Gasteiger partial charge in [-0.1, -0.05) is 41.4 Å². The van der Waals surface area contributed by atoms with E-state index in [4.69, 9.17) is 26.8 Å². The number of Topliss-reactive ketones (excluding diaryl/α,β-unsaturated/α-hetero) is 1. The molecule has 3 N–H and O–H groups in total. The lowest BCUT2D eigenvalue weighted by Gasteiger charge is -2.37. The highest BCUT2D eigenvalue weighted by molar-refractivity contribution is 9.10. The minimum absolute atomic E-state index is 0.0545. The SMILES string of the molecule is Cc1cc(Br)ccc1NC(=O)COc1ccc(Cl)cc1C1C(C#N)=C(N)OC2=C1C(=O)CC(C)(C)C2. The summed E-state index contributed by atoms with van der Waals surface area (Å²) in [4.78, 5) is 25.9. The molecular formula is C27H25BrClN3O4. The van der Waals surface area contributed by atoms with E-state index in [0.717, 1.165) is 10.0 Å². The average molecular weight is 571 g/mol. The van der Waals surface area contributed by atoms with Gasteiger partial charge < -0.3 is 20.5 Å². The van der Waals surface area contributed by atoms with Gasteiger partial charge in [-0.05, 0) is 54.3 Å². The van der Waals surface area contributed by atoms with Crippen LogP contribution in [-0.4, -0.2) is 18.3 Å². The molecule has 2 aromatic rings. The van der Waals surface area contributed by atoms with Gasteiger partial charge in [-0.25, -0.2) is 0 Å². The van der Waals surface area contributed by atoms with Crippen molar-refractivity contribution in [1.29, 1.82) is 5.26 Å². The summed E-state index contributed by atoms with van der Waals surface area (Å²) in [7, 11) is 0. The molecule has 7 nitrogen and oxygen atoms in total. The Bertz CT molecular complexity index is 1370. The highest BCUT2D eigenvalue weighted by Crippen LogP contribution is 2.49. The predicted octanol–water partition coefficient (Wildman–Crippen LogP) is 5.88. The monoisotopic (exact) mass is 569 g/mol. The number of anilines is 1. The van der Waals surface area contributed by atoms with E-state index < -0.39 is 5.92 Å². The molecule has 9 heteroatoms. The van der Waals surface area contributed by atoms with Gasteiger partial charge in [-0.3, -0.25) is 9.59 Å². The first-order valence-electron chi connectivity index (χ1n) is 11.3. The maximum atomic E-state index is 13.3. The number of benzene rings is 2. The number of nitriles is 1. The minimum Gasteiger partial charge on any atom is -0.483 e. The van der Waals surface area contributed by atoms with Gasteiger partial charge in [0.2, 0.25) is 5.88 Å². The number of nitrogens with zero attached hydrogens (tertiary/aromatic N) is 1. The second-order valence-corrected chi connectivity index (χ2v) is 11.0. The largest absolute Gasteiger partial charge is 0.483 e. The Morgan fingerprint density at radius 1 is 1.31 bits per heavy atom. The van der Waals surface area contributed by atoms with Crippen molar-refractivity contribution in [2.45, 2.75) is 39.5 Å². The highest BCUT2D eigenvalue weighted by atomic mass is 79.9. The average Bonchev–Trinajstić information content (AvgIpc) is 2.78. The maximum absolute atomic E-state index is 13.3. The number of hydrogen-bond acceptors (Lipinski definition) is 6. The molecule has 1 aliphatic carbocycles. The van der Waals surface area contributed by atoms with Crippen LogP contribution in [0.2, 0.25) is 5.02 Å². The lowest BCUT2D eigenvalue weighted by molar-refractivity contribution is -0.119. The molecule has 1 aliphatic heterocycles. The van der Waals surface area contributed by atoms with E-state index in [-0.39, 0.29) is 35.2 Å². The molecular weight excluding hydrogens is 546 g/mol. The van der Waals surface area contributed by atoms with Crippen LogP contribution in [0.3, 0.4) is 0 Å². The molecule has 36 heavy (non-hydrogen) atoms. The molecule has 0 saturated carbocycles. The third-order valence-electron chi connectivity index (χ3n) is 6.18. The molecule has 0 radical (unpaired) electrons. The molecule has 2 aromatic carbocycles. The summed E-state index contributed by atoms with van der Waals surface area (Å²) >= 11 is 9.72. The Kier molecular flexibility index (Phi) is 7.17. The van der Waals surface area contributed by atoms with E-state index >= 15 is 0 Å². The van der Waals surface area contributed by atoms with Crippen LogP contribution in [0.5, 0.6) is 5.75 Å². The second-order valence-electron chi connectivity index (χ2n) is 9.68. The summed E-state index contributed by atoms with van der Waals surface area (Å²) in [6.45, 7) is 5.55. The third-order valence-corrected chi connectivity index (χ3v) is 6.91. The summed E-state index contributed by atoms with van der Waals surface area (Å²) in [5, 5.41) is 13.1. The highest BCUT2D eigenvalue weighted by Gasteiger charge is 2.43. The van der Waals surface area contributed by atoms with Crippen molar-refractivity contribution in [1.82, 2.24) is 0 Å². The van der Waals surface area contributed by atoms with Crippen molar-refractivity contribution in [3.05, 3.63) is 79.8 Å².